The summed E-state index contributed by atoms with van der Waals surface area (Å²) in [5.74, 6) is -7.81. The molecule has 0 aromatic heterocycles. The van der Waals surface area contributed by atoms with Gasteiger partial charge in [-0.15, -0.1) is 0 Å². The standard InChI is InChI=1S/C27H38N6O12/c1-5-13(2)22(28-15(4)35)26(42)30-18(10-11-20(36)37)24(40)32-23(14(3)34)27(43)31-19(12-21(38)39)25(41)29-16-6-8-17(9-7-16)33(44)45/h6-9,13-14,18-19,22-23,34H,5,10-12H2,1-4H3,(H,28,35)(H,29,41)(H,30,42)(H,31,43)(H,32,40)(H,36,37)(H,38,39). The highest BCUT2D eigenvalue weighted by molar-refractivity contribution is 6.00. The van der Waals surface area contributed by atoms with Crippen LogP contribution in [0.5, 0.6) is 0 Å². The van der Waals surface area contributed by atoms with Crippen LogP contribution in [0.25, 0.3) is 0 Å². The molecule has 45 heavy (non-hydrogen) atoms. The molecule has 0 fully saturated rings. The topological polar surface area (TPSA) is 283 Å². The van der Waals surface area contributed by atoms with Gasteiger partial charge in [0.25, 0.3) is 5.69 Å². The van der Waals surface area contributed by atoms with Gasteiger partial charge in [-0.05, 0) is 31.4 Å². The van der Waals surface area contributed by atoms with Gasteiger partial charge in [0.1, 0.15) is 24.2 Å². The number of nitro benzene ring substituents is 1. The number of aliphatic carboxylic acids is 2. The number of nitrogens with zero attached hydrogens (tertiary/aromatic N) is 1. The third kappa shape index (κ3) is 13.0. The molecule has 0 saturated heterocycles. The minimum Gasteiger partial charge on any atom is -0.481 e. The molecule has 0 radical (unpaired) electrons. The SMILES string of the molecule is CCC(C)C(NC(C)=O)C(=O)NC(CCC(=O)O)C(=O)NC(C(=O)NC(CC(=O)O)C(=O)Nc1ccc([N+](=O)[O-])cc1)C(C)O. The first-order chi connectivity index (χ1) is 21.0. The van der Waals surface area contributed by atoms with Crippen LogP contribution >= 0.6 is 0 Å². The van der Waals surface area contributed by atoms with Crippen LogP contribution in [-0.2, 0) is 33.6 Å². The quantitative estimate of drug-likeness (QED) is 0.0729. The number of aliphatic hydroxyl groups is 1. The number of non-ortho nitro benzene ring substituents is 1. The fourth-order valence-electron chi connectivity index (χ4n) is 3.92. The van der Waals surface area contributed by atoms with Gasteiger partial charge in [0.05, 0.1) is 17.4 Å². The number of hydrogen-bond acceptors (Lipinski definition) is 10. The normalized spacial score (nSPS) is 14.7. The molecule has 0 saturated carbocycles. The fourth-order valence-corrected chi connectivity index (χ4v) is 3.92. The van der Waals surface area contributed by atoms with Crippen LogP contribution in [-0.4, -0.2) is 92.0 Å². The Balaban J connectivity index is 3.17. The lowest BCUT2D eigenvalue weighted by Crippen LogP contribution is -2.61. The zero-order valence-corrected chi connectivity index (χ0v) is 25.1. The molecule has 1 rings (SSSR count). The van der Waals surface area contributed by atoms with E-state index in [4.69, 9.17) is 5.11 Å². The van der Waals surface area contributed by atoms with E-state index in [0.29, 0.717) is 6.42 Å². The van der Waals surface area contributed by atoms with Gasteiger partial charge in [0.2, 0.25) is 29.5 Å². The number of nitro groups is 1. The van der Waals surface area contributed by atoms with Crippen molar-refractivity contribution in [3.05, 3.63) is 34.4 Å². The average molecular weight is 639 g/mol. The molecule has 1 aromatic rings. The van der Waals surface area contributed by atoms with Crippen molar-refractivity contribution in [3.63, 3.8) is 0 Å². The minimum atomic E-state index is -1.80. The Kier molecular flexibility index (Phi) is 15.0. The zero-order chi connectivity index (χ0) is 34.4. The van der Waals surface area contributed by atoms with Gasteiger partial charge in [-0.2, -0.15) is 0 Å². The fraction of sp³-hybridized carbons (Fsp3) is 0.519. The summed E-state index contributed by atoms with van der Waals surface area (Å²) >= 11 is 0. The Morgan fingerprint density at radius 1 is 0.800 bits per heavy atom. The predicted octanol–water partition coefficient (Wildman–Crippen LogP) is -0.741. The van der Waals surface area contributed by atoms with Crippen LogP contribution < -0.4 is 26.6 Å². The smallest absolute Gasteiger partial charge is 0.305 e. The van der Waals surface area contributed by atoms with Gasteiger partial charge in [0.15, 0.2) is 0 Å². The minimum absolute atomic E-state index is 0.0441. The highest BCUT2D eigenvalue weighted by Gasteiger charge is 2.35. The van der Waals surface area contributed by atoms with E-state index in [2.05, 4.69) is 26.6 Å². The summed E-state index contributed by atoms with van der Waals surface area (Å²) in [6, 6.07) is -1.63. The summed E-state index contributed by atoms with van der Waals surface area (Å²) in [7, 11) is 0. The number of nitrogens with one attached hydrogen (secondary N) is 5. The van der Waals surface area contributed by atoms with Gasteiger partial charge < -0.3 is 41.9 Å². The highest BCUT2D eigenvalue weighted by Crippen LogP contribution is 2.16. The Morgan fingerprint density at radius 3 is 1.82 bits per heavy atom. The number of carboxylic acid groups (broad SMARTS) is 2. The molecule has 0 spiro atoms. The zero-order valence-electron chi connectivity index (χ0n) is 25.1. The van der Waals surface area contributed by atoms with Crippen LogP contribution in [0.1, 0.15) is 53.4 Å². The number of carboxylic acids is 2. The molecule has 8 N–H and O–H groups in total. The first-order valence-electron chi connectivity index (χ1n) is 13.8. The molecule has 18 heteroatoms. The second kappa shape index (κ2) is 17.9. The highest BCUT2D eigenvalue weighted by atomic mass is 16.6. The average Bonchev–Trinajstić information content (AvgIpc) is 2.95. The van der Waals surface area contributed by atoms with Gasteiger partial charge in [-0.1, -0.05) is 20.3 Å². The molecule has 6 atom stereocenters. The lowest BCUT2D eigenvalue weighted by atomic mass is 9.97. The molecule has 0 aliphatic carbocycles. The van der Waals surface area contributed by atoms with E-state index in [1.54, 1.807) is 13.8 Å². The largest absolute Gasteiger partial charge is 0.481 e. The maximum Gasteiger partial charge on any atom is 0.305 e. The van der Waals surface area contributed by atoms with Crippen molar-refractivity contribution in [1.29, 1.82) is 0 Å². The molecule has 6 unspecified atom stereocenters. The van der Waals surface area contributed by atoms with E-state index in [9.17, 15) is 53.9 Å². The van der Waals surface area contributed by atoms with Crippen LogP contribution in [0.15, 0.2) is 24.3 Å². The number of rotatable bonds is 18. The van der Waals surface area contributed by atoms with Crippen molar-refractivity contribution in [2.45, 2.75) is 83.6 Å². The lowest BCUT2D eigenvalue weighted by molar-refractivity contribution is -0.384. The molecule has 0 aliphatic rings. The van der Waals surface area contributed by atoms with Gasteiger partial charge in [-0.3, -0.25) is 43.7 Å². The third-order valence-electron chi connectivity index (χ3n) is 6.55. The van der Waals surface area contributed by atoms with Crippen molar-refractivity contribution in [1.82, 2.24) is 21.3 Å². The van der Waals surface area contributed by atoms with E-state index in [0.717, 1.165) is 19.1 Å². The van der Waals surface area contributed by atoms with E-state index < -0.39 is 95.9 Å². The molecule has 18 nitrogen and oxygen atoms in total. The van der Waals surface area contributed by atoms with Crippen LogP contribution in [0.3, 0.4) is 0 Å². The number of hydrogen-bond donors (Lipinski definition) is 8. The van der Waals surface area contributed by atoms with E-state index in [1.807, 2.05) is 0 Å². The van der Waals surface area contributed by atoms with Crippen LogP contribution in [0.2, 0.25) is 0 Å². The molecule has 0 bridgehead atoms. The van der Waals surface area contributed by atoms with Crippen molar-refractivity contribution < 1.29 is 53.8 Å². The van der Waals surface area contributed by atoms with E-state index in [1.165, 1.54) is 19.1 Å². The van der Waals surface area contributed by atoms with Crippen molar-refractivity contribution in [2.24, 2.45) is 5.92 Å². The van der Waals surface area contributed by atoms with Crippen LogP contribution in [0.4, 0.5) is 11.4 Å². The second-order valence-electron chi connectivity index (χ2n) is 10.2. The second-order valence-corrected chi connectivity index (χ2v) is 10.2. The molecule has 0 heterocycles. The maximum atomic E-state index is 13.2. The number of carbonyl (C=O) groups excluding carboxylic acids is 5. The first kappa shape index (κ1) is 37.9. The third-order valence-corrected chi connectivity index (χ3v) is 6.55. The van der Waals surface area contributed by atoms with Crippen molar-refractivity contribution in [2.75, 3.05) is 5.32 Å². The molecule has 1 aromatic carbocycles. The van der Waals surface area contributed by atoms with Crippen molar-refractivity contribution >= 4 is 52.8 Å². The van der Waals surface area contributed by atoms with E-state index in [-0.39, 0.29) is 17.3 Å². The van der Waals surface area contributed by atoms with Gasteiger partial charge >= 0.3 is 11.9 Å². The monoisotopic (exact) mass is 638 g/mol. The molecular formula is C27H38N6O12. The summed E-state index contributed by atoms with van der Waals surface area (Å²) < 4.78 is 0. The summed E-state index contributed by atoms with van der Waals surface area (Å²) in [6.45, 7) is 5.73. The maximum absolute atomic E-state index is 13.2. The molecule has 248 valence electrons. The van der Waals surface area contributed by atoms with Gasteiger partial charge in [0, 0.05) is 31.2 Å². The predicted molar refractivity (Wildman–Crippen MR) is 155 cm³/mol. The number of carbonyl (C=O) groups is 7. The Morgan fingerprint density at radius 2 is 1.36 bits per heavy atom. The summed E-state index contributed by atoms with van der Waals surface area (Å²) in [4.78, 5) is 96.5. The number of aliphatic hydroxyl groups excluding tert-OH is 1. The molecular weight excluding hydrogens is 600 g/mol. The molecule has 5 amide bonds. The molecule has 0 aliphatic heterocycles. The number of benzene rings is 1. The van der Waals surface area contributed by atoms with Crippen molar-refractivity contribution in [3.8, 4) is 0 Å². The van der Waals surface area contributed by atoms with Crippen LogP contribution in [0, 0.1) is 16.0 Å². The summed E-state index contributed by atoms with van der Waals surface area (Å²) in [5, 5.41) is 51.0. The first-order valence-corrected chi connectivity index (χ1v) is 13.8. The number of anilines is 1. The Bertz CT molecular complexity index is 1270. The Hall–Kier alpha value is -5.13. The van der Waals surface area contributed by atoms with E-state index >= 15 is 0 Å². The summed E-state index contributed by atoms with van der Waals surface area (Å²) in [5.41, 5.74) is -0.232. The Labute approximate surface area is 257 Å². The summed E-state index contributed by atoms with van der Waals surface area (Å²) in [6.07, 6.45) is -3.11. The lowest BCUT2D eigenvalue weighted by Gasteiger charge is -2.28. The van der Waals surface area contributed by atoms with Gasteiger partial charge in [-0.25, -0.2) is 0 Å². The number of amides is 5.